The predicted octanol–water partition coefficient (Wildman–Crippen LogP) is 3.40. The van der Waals surface area contributed by atoms with Crippen LogP contribution in [-0.4, -0.2) is 16.0 Å². The van der Waals surface area contributed by atoms with Gasteiger partial charge in [0, 0.05) is 21.1 Å². The van der Waals surface area contributed by atoms with E-state index >= 15 is 0 Å². The summed E-state index contributed by atoms with van der Waals surface area (Å²) in [5.41, 5.74) is 7.28. The Labute approximate surface area is 123 Å². The second-order valence-electron chi connectivity index (χ2n) is 3.88. The molecular weight excluding hydrogens is 326 g/mol. The number of oxime groups is 1. The van der Waals surface area contributed by atoms with Crippen LogP contribution in [0.2, 0.25) is 0 Å². The first kappa shape index (κ1) is 13.9. The van der Waals surface area contributed by atoms with Gasteiger partial charge in [-0.25, -0.2) is 4.98 Å². The Morgan fingerprint density at radius 3 is 2.74 bits per heavy atom. The third-order valence-electron chi connectivity index (χ3n) is 2.50. The number of pyridine rings is 1. The summed E-state index contributed by atoms with van der Waals surface area (Å²) in [6, 6.07) is 9.65. The van der Waals surface area contributed by atoms with Crippen LogP contribution in [0.3, 0.4) is 0 Å². The quantitative estimate of drug-likeness (QED) is 0.389. The first-order valence-electron chi connectivity index (χ1n) is 5.48. The zero-order valence-corrected chi connectivity index (χ0v) is 12.6. The van der Waals surface area contributed by atoms with Gasteiger partial charge in [0.05, 0.1) is 0 Å². The van der Waals surface area contributed by atoms with E-state index in [1.54, 1.807) is 18.0 Å². The summed E-state index contributed by atoms with van der Waals surface area (Å²) in [5, 5.41) is 12.6. The Morgan fingerprint density at radius 2 is 2.16 bits per heavy atom. The summed E-state index contributed by atoms with van der Waals surface area (Å²) in [7, 11) is 0. The van der Waals surface area contributed by atoms with Crippen LogP contribution in [0.25, 0.3) is 0 Å². The van der Waals surface area contributed by atoms with Crippen molar-refractivity contribution < 1.29 is 5.21 Å². The third-order valence-corrected chi connectivity index (χ3v) is 3.91. The second-order valence-corrected chi connectivity index (χ2v) is 5.89. The fourth-order valence-corrected chi connectivity index (χ4v) is 2.67. The second kappa shape index (κ2) is 6.08. The van der Waals surface area contributed by atoms with Crippen molar-refractivity contribution in [3.63, 3.8) is 0 Å². The van der Waals surface area contributed by atoms with Gasteiger partial charge >= 0.3 is 0 Å². The van der Waals surface area contributed by atoms with Crippen molar-refractivity contribution in [2.75, 3.05) is 0 Å². The smallest absolute Gasteiger partial charge is 0.170 e. The summed E-state index contributed by atoms with van der Waals surface area (Å²) < 4.78 is 0.954. The van der Waals surface area contributed by atoms with Gasteiger partial charge in [0.1, 0.15) is 5.03 Å². The van der Waals surface area contributed by atoms with Gasteiger partial charge in [-0.15, -0.1) is 0 Å². The minimum absolute atomic E-state index is 0.121. The van der Waals surface area contributed by atoms with Crippen molar-refractivity contribution in [2.45, 2.75) is 16.8 Å². The molecule has 0 atom stereocenters. The summed E-state index contributed by atoms with van der Waals surface area (Å²) >= 11 is 4.92. The Morgan fingerprint density at radius 1 is 1.37 bits per heavy atom. The van der Waals surface area contributed by atoms with Crippen molar-refractivity contribution in [1.29, 1.82) is 0 Å². The van der Waals surface area contributed by atoms with Gasteiger partial charge in [0.25, 0.3) is 0 Å². The molecule has 19 heavy (non-hydrogen) atoms. The van der Waals surface area contributed by atoms with Crippen LogP contribution < -0.4 is 5.73 Å². The summed E-state index contributed by atoms with van der Waals surface area (Å²) in [6.07, 6.45) is 1.76. The average molecular weight is 338 g/mol. The first-order valence-corrected chi connectivity index (χ1v) is 7.09. The van der Waals surface area contributed by atoms with Gasteiger partial charge < -0.3 is 10.9 Å². The van der Waals surface area contributed by atoms with Crippen molar-refractivity contribution in [3.8, 4) is 0 Å². The number of benzene rings is 1. The maximum Gasteiger partial charge on any atom is 0.170 e. The van der Waals surface area contributed by atoms with E-state index < -0.39 is 0 Å². The Bertz CT molecular complexity index is 614. The lowest BCUT2D eigenvalue weighted by Gasteiger charge is -2.06. The topological polar surface area (TPSA) is 71.5 Å². The van der Waals surface area contributed by atoms with Crippen LogP contribution >= 0.6 is 27.7 Å². The number of halogens is 1. The minimum atomic E-state index is 0.121. The van der Waals surface area contributed by atoms with Gasteiger partial charge in [0.2, 0.25) is 0 Å². The SMILES string of the molecule is Cc1cc(Sc2ccc(Br)cn2)ccc1/C(N)=N/O. The van der Waals surface area contributed by atoms with E-state index in [0.717, 1.165) is 25.5 Å². The minimum Gasteiger partial charge on any atom is -0.409 e. The van der Waals surface area contributed by atoms with Gasteiger partial charge in [-0.2, -0.15) is 0 Å². The number of rotatable bonds is 3. The van der Waals surface area contributed by atoms with E-state index in [-0.39, 0.29) is 5.84 Å². The number of nitrogens with zero attached hydrogens (tertiary/aromatic N) is 2. The molecule has 2 aromatic rings. The standard InChI is InChI=1S/C13H12BrN3OS/c1-8-6-10(3-4-11(8)13(15)17-18)19-12-5-2-9(14)7-16-12/h2-7,18H,1H3,(H2,15,17). The first-order chi connectivity index (χ1) is 9.10. The molecular formula is C13H12BrN3OS. The molecule has 6 heteroatoms. The van der Waals surface area contributed by atoms with Crippen LogP contribution in [0.4, 0.5) is 0 Å². The number of aryl methyl sites for hydroxylation is 1. The molecule has 0 saturated carbocycles. The van der Waals surface area contributed by atoms with E-state index in [0.29, 0.717) is 0 Å². The number of hydrogen-bond donors (Lipinski definition) is 2. The largest absolute Gasteiger partial charge is 0.409 e. The molecule has 0 spiro atoms. The maximum absolute atomic E-state index is 8.69. The number of nitrogens with two attached hydrogens (primary N) is 1. The third kappa shape index (κ3) is 3.48. The van der Waals surface area contributed by atoms with Crippen molar-refractivity contribution >= 4 is 33.5 Å². The molecule has 0 aliphatic rings. The molecule has 0 aliphatic heterocycles. The zero-order chi connectivity index (χ0) is 13.8. The van der Waals surface area contributed by atoms with Crippen LogP contribution in [0.15, 0.2) is 56.1 Å². The average Bonchev–Trinajstić information content (AvgIpc) is 2.41. The molecule has 1 aromatic carbocycles. The highest BCUT2D eigenvalue weighted by atomic mass is 79.9. The predicted molar refractivity (Wildman–Crippen MR) is 79.7 cm³/mol. The van der Waals surface area contributed by atoms with Crippen molar-refractivity contribution in [1.82, 2.24) is 4.98 Å². The molecule has 1 heterocycles. The lowest BCUT2D eigenvalue weighted by molar-refractivity contribution is 0.318. The van der Waals surface area contributed by atoms with Gasteiger partial charge in [-0.1, -0.05) is 16.9 Å². The Balaban J connectivity index is 2.23. The molecule has 0 radical (unpaired) electrons. The van der Waals surface area contributed by atoms with Gasteiger partial charge in [-0.05, 0) is 58.7 Å². The molecule has 2 rings (SSSR count). The number of hydrogen-bond acceptors (Lipinski definition) is 4. The monoisotopic (exact) mass is 337 g/mol. The van der Waals surface area contributed by atoms with E-state index in [1.165, 1.54) is 0 Å². The van der Waals surface area contributed by atoms with Crippen LogP contribution in [0.1, 0.15) is 11.1 Å². The highest BCUT2D eigenvalue weighted by molar-refractivity contribution is 9.10. The molecule has 4 nitrogen and oxygen atoms in total. The van der Waals surface area contributed by atoms with Crippen LogP contribution in [-0.2, 0) is 0 Å². The van der Waals surface area contributed by atoms with Crippen molar-refractivity contribution in [3.05, 3.63) is 52.1 Å². The highest BCUT2D eigenvalue weighted by Gasteiger charge is 2.06. The summed E-state index contributed by atoms with van der Waals surface area (Å²) in [6.45, 7) is 1.92. The molecule has 0 bridgehead atoms. The molecule has 0 aliphatic carbocycles. The van der Waals surface area contributed by atoms with E-state index in [2.05, 4.69) is 26.1 Å². The molecule has 98 valence electrons. The molecule has 1 aromatic heterocycles. The van der Waals surface area contributed by atoms with Gasteiger partial charge in [-0.3, -0.25) is 0 Å². The summed E-state index contributed by atoms with van der Waals surface area (Å²) in [5.74, 6) is 0.121. The van der Waals surface area contributed by atoms with Crippen molar-refractivity contribution in [2.24, 2.45) is 10.9 Å². The zero-order valence-electron chi connectivity index (χ0n) is 10.2. The maximum atomic E-state index is 8.69. The van der Waals surface area contributed by atoms with E-state index in [1.807, 2.05) is 37.3 Å². The fraction of sp³-hybridized carbons (Fsp3) is 0.0769. The number of aromatic nitrogens is 1. The van der Waals surface area contributed by atoms with Crippen LogP contribution in [0.5, 0.6) is 0 Å². The fourth-order valence-electron chi connectivity index (χ4n) is 1.58. The Hall–Kier alpha value is -1.53. The summed E-state index contributed by atoms with van der Waals surface area (Å²) in [4.78, 5) is 5.36. The molecule has 0 fully saturated rings. The molecule has 0 unspecified atom stereocenters. The van der Waals surface area contributed by atoms with E-state index in [9.17, 15) is 0 Å². The lowest BCUT2D eigenvalue weighted by atomic mass is 10.1. The lowest BCUT2D eigenvalue weighted by Crippen LogP contribution is -2.14. The van der Waals surface area contributed by atoms with Gasteiger partial charge in [0.15, 0.2) is 5.84 Å². The molecule has 0 saturated heterocycles. The number of amidine groups is 1. The molecule has 3 N–H and O–H groups in total. The van der Waals surface area contributed by atoms with Crippen LogP contribution in [0, 0.1) is 6.92 Å². The molecule has 0 amide bonds. The Kier molecular flexibility index (Phi) is 4.44. The highest BCUT2D eigenvalue weighted by Crippen LogP contribution is 2.28. The van der Waals surface area contributed by atoms with E-state index in [4.69, 9.17) is 10.9 Å². The normalized spacial score (nSPS) is 11.6.